The summed E-state index contributed by atoms with van der Waals surface area (Å²) in [5.41, 5.74) is 1.43. The smallest absolute Gasteiger partial charge is 0.311 e. The third-order valence-corrected chi connectivity index (χ3v) is 3.36. The molecule has 0 saturated carbocycles. The Morgan fingerprint density at radius 2 is 2.16 bits per heavy atom. The summed E-state index contributed by atoms with van der Waals surface area (Å²) in [6.07, 6.45) is 0.758. The number of fused-ring (bicyclic) bond motifs is 1. The van der Waals surface area contributed by atoms with Crippen LogP contribution in [0.3, 0.4) is 0 Å². The van der Waals surface area contributed by atoms with Crippen molar-refractivity contribution in [1.82, 2.24) is 0 Å². The number of methoxy groups -OCH3 is 1. The fourth-order valence-corrected chi connectivity index (χ4v) is 2.40. The molecule has 2 rings (SSSR count). The standard InChI is InChI=1S/C14H17NO4/c1-19-9-7-13(16)15-8-6-11(14(17)18)10-4-2-3-5-12(10)15/h2-5,11H,6-9H2,1H3,(H,17,18). The van der Waals surface area contributed by atoms with E-state index in [1.165, 1.54) is 0 Å². The highest BCUT2D eigenvalue weighted by Gasteiger charge is 2.31. The summed E-state index contributed by atoms with van der Waals surface area (Å²) in [5.74, 6) is -1.39. The molecule has 0 spiro atoms. The number of hydrogen-bond acceptors (Lipinski definition) is 3. The number of carbonyl (C=O) groups excluding carboxylic acids is 1. The Morgan fingerprint density at radius 1 is 1.42 bits per heavy atom. The quantitative estimate of drug-likeness (QED) is 0.896. The minimum atomic E-state index is -0.837. The second-order valence-electron chi connectivity index (χ2n) is 4.53. The predicted octanol–water partition coefficient (Wildman–Crippen LogP) is 1.63. The van der Waals surface area contributed by atoms with Crippen molar-refractivity contribution >= 4 is 17.6 Å². The Balaban J connectivity index is 2.27. The van der Waals surface area contributed by atoms with Crippen LogP contribution in [0.25, 0.3) is 0 Å². The number of aliphatic carboxylic acids is 1. The van der Waals surface area contributed by atoms with Gasteiger partial charge in [0.25, 0.3) is 0 Å². The number of carboxylic acids is 1. The summed E-state index contributed by atoms with van der Waals surface area (Å²) < 4.78 is 4.91. The van der Waals surface area contributed by atoms with Crippen molar-refractivity contribution in [3.63, 3.8) is 0 Å². The van der Waals surface area contributed by atoms with E-state index in [0.717, 1.165) is 0 Å². The van der Waals surface area contributed by atoms with Gasteiger partial charge in [0.1, 0.15) is 0 Å². The van der Waals surface area contributed by atoms with E-state index < -0.39 is 11.9 Å². The van der Waals surface area contributed by atoms with Crippen LogP contribution in [0.2, 0.25) is 0 Å². The molecule has 1 atom stereocenters. The molecule has 5 nitrogen and oxygen atoms in total. The van der Waals surface area contributed by atoms with Gasteiger partial charge in [-0.3, -0.25) is 9.59 Å². The van der Waals surface area contributed by atoms with Gasteiger partial charge >= 0.3 is 5.97 Å². The molecule has 1 heterocycles. The second kappa shape index (κ2) is 5.84. The van der Waals surface area contributed by atoms with Crippen LogP contribution in [0.4, 0.5) is 5.69 Å². The van der Waals surface area contributed by atoms with Crippen LogP contribution in [0, 0.1) is 0 Å². The van der Waals surface area contributed by atoms with E-state index in [2.05, 4.69) is 0 Å². The molecule has 0 bridgehead atoms. The molecular formula is C14H17NO4. The summed E-state index contributed by atoms with van der Waals surface area (Å²) in [6, 6.07) is 7.20. The summed E-state index contributed by atoms with van der Waals surface area (Å²) >= 11 is 0. The molecule has 1 unspecified atom stereocenters. The van der Waals surface area contributed by atoms with Crippen molar-refractivity contribution in [3.8, 4) is 0 Å². The molecule has 5 heteroatoms. The summed E-state index contributed by atoms with van der Waals surface area (Å²) in [4.78, 5) is 25.0. The Kier molecular flexibility index (Phi) is 4.16. The van der Waals surface area contributed by atoms with Gasteiger partial charge < -0.3 is 14.7 Å². The first-order valence-corrected chi connectivity index (χ1v) is 6.26. The number of para-hydroxylation sites is 1. The molecule has 0 fully saturated rings. The zero-order valence-corrected chi connectivity index (χ0v) is 10.8. The van der Waals surface area contributed by atoms with Crippen LogP contribution in [0.15, 0.2) is 24.3 Å². The maximum atomic E-state index is 12.1. The van der Waals surface area contributed by atoms with E-state index in [1.54, 1.807) is 30.2 Å². The Hall–Kier alpha value is -1.88. The van der Waals surface area contributed by atoms with Gasteiger partial charge in [0, 0.05) is 19.3 Å². The van der Waals surface area contributed by atoms with E-state index in [1.807, 2.05) is 6.07 Å². The maximum Gasteiger partial charge on any atom is 0.311 e. The van der Waals surface area contributed by atoms with Crippen molar-refractivity contribution in [1.29, 1.82) is 0 Å². The topological polar surface area (TPSA) is 66.8 Å². The van der Waals surface area contributed by atoms with Gasteiger partial charge in [0.05, 0.1) is 18.9 Å². The van der Waals surface area contributed by atoms with Crippen LogP contribution in [0.1, 0.15) is 24.3 Å². The van der Waals surface area contributed by atoms with Crippen molar-refractivity contribution in [2.24, 2.45) is 0 Å². The Bertz CT molecular complexity index is 486. The second-order valence-corrected chi connectivity index (χ2v) is 4.53. The number of benzene rings is 1. The van der Waals surface area contributed by atoms with E-state index >= 15 is 0 Å². The number of amides is 1. The number of nitrogens with zero attached hydrogens (tertiary/aromatic N) is 1. The van der Waals surface area contributed by atoms with Crippen molar-refractivity contribution in [3.05, 3.63) is 29.8 Å². The lowest BCUT2D eigenvalue weighted by atomic mass is 9.90. The van der Waals surface area contributed by atoms with E-state index in [-0.39, 0.29) is 5.91 Å². The van der Waals surface area contributed by atoms with Crippen molar-refractivity contribution in [2.45, 2.75) is 18.8 Å². The Labute approximate surface area is 111 Å². The molecule has 1 aliphatic rings. The zero-order chi connectivity index (χ0) is 13.8. The lowest BCUT2D eigenvalue weighted by Gasteiger charge is -2.32. The van der Waals surface area contributed by atoms with Crippen molar-refractivity contribution in [2.75, 3.05) is 25.2 Å². The number of ether oxygens (including phenoxy) is 1. The third kappa shape index (κ3) is 2.76. The number of carbonyl (C=O) groups is 2. The first-order chi connectivity index (χ1) is 9.15. The normalized spacial score (nSPS) is 17.9. The monoisotopic (exact) mass is 263 g/mol. The molecule has 1 amide bonds. The molecule has 102 valence electrons. The van der Waals surface area contributed by atoms with Crippen LogP contribution in [-0.4, -0.2) is 37.2 Å². The first kappa shape index (κ1) is 13.5. The minimum absolute atomic E-state index is 0.0295. The van der Waals surface area contributed by atoms with Gasteiger partial charge in [-0.15, -0.1) is 0 Å². The van der Waals surface area contributed by atoms with Gasteiger partial charge in [0.2, 0.25) is 5.91 Å². The first-order valence-electron chi connectivity index (χ1n) is 6.26. The van der Waals surface area contributed by atoms with E-state index in [0.29, 0.717) is 37.2 Å². The van der Waals surface area contributed by atoms with E-state index in [4.69, 9.17) is 4.74 Å². The van der Waals surface area contributed by atoms with E-state index in [9.17, 15) is 14.7 Å². The van der Waals surface area contributed by atoms with Gasteiger partial charge in [-0.1, -0.05) is 18.2 Å². The molecule has 0 aromatic heterocycles. The molecule has 1 N–H and O–H groups in total. The predicted molar refractivity (Wildman–Crippen MR) is 70.3 cm³/mol. The Morgan fingerprint density at radius 3 is 2.84 bits per heavy atom. The zero-order valence-electron chi connectivity index (χ0n) is 10.8. The SMILES string of the molecule is COCCC(=O)N1CCC(C(=O)O)c2ccccc21. The third-order valence-electron chi connectivity index (χ3n) is 3.36. The largest absolute Gasteiger partial charge is 0.481 e. The molecule has 0 saturated heterocycles. The van der Waals surface area contributed by atoms with Crippen LogP contribution in [-0.2, 0) is 14.3 Å². The summed E-state index contributed by atoms with van der Waals surface area (Å²) in [7, 11) is 1.55. The number of anilines is 1. The maximum absolute atomic E-state index is 12.1. The van der Waals surface area contributed by atoms with Gasteiger partial charge in [0.15, 0.2) is 0 Å². The van der Waals surface area contributed by atoms with Crippen molar-refractivity contribution < 1.29 is 19.4 Å². The summed E-state index contributed by atoms with van der Waals surface area (Å²) in [5, 5.41) is 9.23. The fourth-order valence-electron chi connectivity index (χ4n) is 2.40. The molecule has 19 heavy (non-hydrogen) atoms. The van der Waals surface area contributed by atoms with Gasteiger partial charge in [-0.2, -0.15) is 0 Å². The molecule has 0 aliphatic carbocycles. The molecule has 1 aromatic rings. The van der Waals surface area contributed by atoms with Crippen LogP contribution >= 0.6 is 0 Å². The van der Waals surface area contributed by atoms with Crippen LogP contribution in [0.5, 0.6) is 0 Å². The average molecular weight is 263 g/mol. The molecule has 1 aliphatic heterocycles. The van der Waals surface area contributed by atoms with Gasteiger partial charge in [-0.25, -0.2) is 0 Å². The van der Waals surface area contributed by atoms with Gasteiger partial charge in [-0.05, 0) is 18.1 Å². The number of carboxylic acid groups (broad SMARTS) is 1. The minimum Gasteiger partial charge on any atom is -0.481 e. The molecule has 1 aromatic carbocycles. The highest BCUT2D eigenvalue weighted by atomic mass is 16.5. The molecular weight excluding hydrogens is 246 g/mol. The lowest BCUT2D eigenvalue weighted by Crippen LogP contribution is -2.38. The number of rotatable bonds is 4. The number of hydrogen-bond donors (Lipinski definition) is 1. The molecule has 0 radical (unpaired) electrons. The fraction of sp³-hybridized carbons (Fsp3) is 0.429. The van der Waals surface area contributed by atoms with Crippen LogP contribution < -0.4 is 4.90 Å². The summed E-state index contributed by atoms with van der Waals surface area (Å²) in [6.45, 7) is 0.816. The highest BCUT2D eigenvalue weighted by Crippen LogP contribution is 2.35. The average Bonchev–Trinajstić information content (AvgIpc) is 2.43. The lowest BCUT2D eigenvalue weighted by molar-refractivity contribution is -0.139. The highest BCUT2D eigenvalue weighted by molar-refractivity contribution is 5.96.